The second-order valence-electron chi connectivity index (χ2n) is 4.07. The van der Waals surface area contributed by atoms with Gasteiger partial charge in [0.25, 0.3) is 0 Å². The van der Waals surface area contributed by atoms with Gasteiger partial charge in [0, 0.05) is 0 Å². The number of cyclic esters (lactones) is 1. The van der Waals surface area contributed by atoms with Crippen molar-refractivity contribution < 1.29 is 23.7 Å². The summed E-state index contributed by atoms with van der Waals surface area (Å²) < 4.78 is 21.0. The average Bonchev–Trinajstić information content (AvgIpc) is 3.04. The fourth-order valence-corrected chi connectivity index (χ4v) is 1.70. The minimum Gasteiger partial charge on any atom is -0.463 e. The van der Waals surface area contributed by atoms with Crippen LogP contribution in [0.4, 0.5) is 0 Å². The average molecular weight is 230 g/mol. The molecule has 5 heteroatoms. The Bertz CT molecular complexity index is 230. The van der Waals surface area contributed by atoms with Crippen LogP contribution >= 0.6 is 0 Å². The molecule has 2 aliphatic rings. The summed E-state index contributed by atoms with van der Waals surface area (Å²) in [5, 5.41) is 0. The van der Waals surface area contributed by atoms with Crippen LogP contribution in [-0.4, -0.2) is 52.2 Å². The first kappa shape index (κ1) is 11.8. The number of hydrogen-bond acceptors (Lipinski definition) is 5. The van der Waals surface area contributed by atoms with Crippen LogP contribution in [0, 0.1) is 11.8 Å². The van der Waals surface area contributed by atoms with Gasteiger partial charge < -0.3 is 18.9 Å². The largest absolute Gasteiger partial charge is 0.463 e. The molecule has 0 radical (unpaired) electrons. The molecule has 0 aromatic heterocycles. The van der Waals surface area contributed by atoms with Crippen LogP contribution < -0.4 is 0 Å². The fraction of sp³-hybridized carbons (Fsp3) is 0.909. The lowest BCUT2D eigenvalue weighted by molar-refractivity contribution is -0.147. The van der Waals surface area contributed by atoms with Crippen LogP contribution in [0.1, 0.15) is 6.42 Å². The maximum Gasteiger partial charge on any atom is 0.309 e. The monoisotopic (exact) mass is 230 g/mol. The highest BCUT2D eigenvalue weighted by Gasteiger charge is 2.44. The van der Waals surface area contributed by atoms with Gasteiger partial charge >= 0.3 is 5.97 Å². The highest BCUT2D eigenvalue weighted by atomic mass is 16.6. The third-order valence-electron chi connectivity index (χ3n) is 2.77. The molecule has 1 saturated heterocycles. The Morgan fingerprint density at radius 1 is 0.875 bits per heavy atom. The second-order valence-corrected chi connectivity index (χ2v) is 4.07. The van der Waals surface area contributed by atoms with E-state index in [1.807, 2.05) is 0 Å². The van der Waals surface area contributed by atoms with Crippen molar-refractivity contribution in [1.29, 1.82) is 0 Å². The Labute approximate surface area is 95.0 Å². The quantitative estimate of drug-likeness (QED) is 0.557. The minimum atomic E-state index is -0.106. The normalized spacial score (nSPS) is 33.4. The molecule has 2 rings (SSSR count). The summed E-state index contributed by atoms with van der Waals surface area (Å²) in [7, 11) is 0. The van der Waals surface area contributed by atoms with Crippen LogP contribution in [0.5, 0.6) is 0 Å². The molecule has 0 unspecified atom stereocenters. The first-order valence-corrected chi connectivity index (χ1v) is 5.78. The molecule has 0 amide bonds. The lowest BCUT2D eigenvalue weighted by Crippen LogP contribution is -2.17. The van der Waals surface area contributed by atoms with Crippen LogP contribution in [0.15, 0.2) is 0 Å². The van der Waals surface area contributed by atoms with E-state index < -0.39 is 0 Å². The summed E-state index contributed by atoms with van der Waals surface area (Å²) in [6, 6.07) is 0. The molecule has 0 spiro atoms. The predicted molar refractivity (Wildman–Crippen MR) is 55.0 cm³/mol. The molecule has 1 heterocycles. The van der Waals surface area contributed by atoms with E-state index in [2.05, 4.69) is 0 Å². The summed E-state index contributed by atoms with van der Waals surface area (Å²) in [6.45, 7) is 3.68. The number of carbonyl (C=O) groups excluding carboxylic acids is 1. The predicted octanol–water partition coefficient (Wildman–Crippen LogP) is 0.229. The second kappa shape index (κ2) is 6.18. The first-order chi connectivity index (χ1) is 7.88. The van der Waals surface area contributed by atoms with E-state index in [1.54, 1.807) is 0 Å². The first-order valence-electron chi connectivity index (χ1n) is 5.78. The van der Waals surface area contributed by atoms with Crippen molar-refractivity contribution in [2.75, 3.05) is 46.2 Å². The Hall–Kier alpha value is -0.650. The summed E-state index contributed by atoms with van der Waals surface area (Å²) in [4.78, 5) is 11.5. The van der Waals surface area contributed by atoms with Gasteiger partial charge in [-0.25, -0.2) is 0 Å². The molecule has 0 aromatic carbocycles. The van der Waals surface area contributed by atoms with Crippen molar-refractivity contribution in [3.63, 3.8) is 0 Å². The number of rotatable bonds is 0. The molecular weight excluding hydrogens is 212 g/mol. The summed E-state index contributed by atoms with van der Waals surface area (Å²) in [5.41, 5.74) is 0. The highest BCUT2D eigenvalue weighted by molar-refractivity contribution is 5.75. The van der Waals surface area contributed by atoms with Gasteiger partial charge in [0.2, 0.25) is 0 Å². The van der Waals surface area contributed by atoms with Crippen molar-refractivity contribution in [2.24, 2.45) is 11.8 Å². The minimum absolute atomic E-state index is 0.0452. The van der Waals surface area contributed by atoms with Gasteiger partial charge in [-0.2, -0.15) is 0 Å². The highest BCUT2D eigenvalue weighted by Crippen LogP contribution is 2.39. The van der Waals surface area contributed by atoms with Crippen molar-refractivity contribution in [3.05, 3.63) is 0 Å². The van der Waals surface area contributed by atoms with Gasteiger partial charge in [0.05, 0.1) is 45.6 Å². The van der Waals surface area contributed by atoms with Crippen molar-refractivity contribution in [1.82, 2.24) is 0 Å². The van der Waals surface area contributed by atoms with E-state index >= 15 is 0 Å². The molecule has 1 saturated carbocycles. The molecule has 2 fully saturated rings. The molecular formula is C11H18O5. The third kappa shape index (κ3) is 3.73. The Kier molecular flexibility index (Phi) is 4.56. The van der Waals surface area contributed by atoms with Crippen LogP contribution in [0.3, 0.4) is 0 Å². The van der Waals surface area contributed by atoms with E-state index in [-0.39, 0.29) is 11.9 Å². The summed E-state index contributed by atoms with van der Waals surface area (Å²) in [5.74, 6) is 0.283. The van der Waals surface area contributed by atoms with Gasteiger partial charge in [-0.15, -0.1) is 0 Å². The van der Waals surface area contributed by atoms with Gasteiger partial charge in [0.15, 0.2) is 0 Å². The Morgan fingerprint density at radius 2 is 1.50 bits per heavy atom. The van der Waals surface area contributed by atoms with Gasteiger partial charge in [0.1, 0.15) is 6.61 Å². The molecule has 0 bridgehead atoms. The number of carbonyl (C=O) groups is 1. The fourth-order valence-electron chi connectivity index (χ4n) is 1.70. The summed E-state index contributed by atoms with van der Waals surface area (Å²) >= 11 is 0. The van der Waals surface area contributed by atoms with Crippen LogP contribution in [0.25, 0.3) is 0 Å². The standard InChI is InChI=1S/C11H18O5/c12-11-10-7-9(10)8-15-4-3-13-1-2-14-5-6-16-11/h9-10H,1-8H2/t9-,10-/m1/s1. The molecule has 2 atom stereocenters. The van der Waals surface area contributed by atoms with E-state index in [0.717, 1.165) is 6.42 Å². The SMILES string of the molecule is O=C1OCCOCCOCCOC[C@H]2C[C@@H]12. The Balaban J connectivity index is 1.71. The maximum absolute atomic E-state index is 11.5. The van der Waals surface area contributed by atoms with E-state index in [0.29, 0.717) is 52.2 Å². The van der Waals surface area contributed by atoms with E-state index in [9.17, 15) is 4.79 Å². The Morgan fingerprint density at radius 3 is 2.25 bits per heavy atom. The topological polar surface area (TPSA) is 54.0 Å². The smallest absolute Gasteiger partial charge is 0.309 e. The zero-order chi connectivity index (χ0) is 11.2. The third-order valence-corrected chi connectivity index (χ3v) is 2.77. The van der Waals surface area contributed by atoms with Crippen molar-refractivity contribution >= 4 is 5.97 Å². The van der Waals surface area contributed by atoms with Crippen molar-refractivity contribution in [2.45, 2.75) is 6.42 Å². The number of hydrogen-bond donors (Lipinski definition) is 0. The molecule has 1 aliphatic heterocycles. The lowest BCUT2D eigenvalue weighted by Gasteiger charge is -2.09. The number of esters is 1. The molecule has 5 nitrogen and oxygen atoms in total. The van der Waals surface area contributed by atoms with Crippen LogP contribution in [-0.2, 0) is 23.7 Å². The zero-order valence-electron chi connectivity index (χ0n) is 9.35. The van der Waals surface area contributed by atoms with Gasteiger partial charge in [-0.05, 0) is 12.3 Å². The molecule has 0 N–H and O–H groups in total. The van der Waals surface area contributed by atoms with Gasteiger partial charge in [-0.1, -0.05) is 0 Å². The lowest BCUT2D eigenvalue weighted by atomic mass is 10.3. The van der Waals surface area contributed by atoms with Crippen molar-refractivity contribution in [3.8, 4) is 0 Å². The molecule has 92 valence electrons. The molecule has 0 aromatic rings. The van der Waals surface area contributed by atoms with E-state index in [1.165, 1.54) is 0 Å². The zero-order valence-corrected chi connectivity index (χ0v) is 9.35. The van der Waals surface area contributed by atoms with Gasteiger partial charge in [-0.3, -0.25) is 4.79 Å². The number of ether oxygens (including phenoxy) is 4. The number of fused-ring (bicyclic) bond motifs is 1. The molecule has 16 heavy (non-hydrogen) atoms. The van der Waals surface area contributed by atoms with Crippen LogP contribution in [0.2, 0.25) is 0 Å². The maximum atomic E-state index is 11.5. The van der Waals surface area contributed by atoms with E-state index in [4.69, 9.17) is 18.9 Å². The molecule has 1 aliphatic carbocycles. The summed E-state index contributed by atoms with van der Waals surface area (Å²) in [6.07, 6.45) is 0.889.